The summed E-state index contributed by atoms with van der Waals surface area (Å²) in [6, 6.07) is 58.3. The van der Waals surface area contributed by atoms with Crippen LogP contribution < -0.4 is 0 Å². The highest BCUT2D eigenvalue weighted by atomic mass is 15.2. The first kappa shape index (κ1) is 27.9. The molecule has 0 amide bonds. The molecule has 0 atom stereocenters. The van der Waals surface area contributed by atoms with E-state index in [0.717, 1.165) is 44.6 Å². The maximum absolute atomic E-state index is 5.04. The van der Waals surface area contributed by atoms with Crippen molar-refractivity contribution in [1.82, 2.24) is 23.7 Å². The Bertz CT molecular complexity index is 3110. The lowest BCUT2D eigenvalue weighted by Gasteiger charge is -2.10. The van der Waals surface area contributed by atoms with Crippen molar-refractivity contribution < 1.29 is 0 Å². The summed E-state index contributed by atoms with van der Waals surface area (Å²) in [5.41, 5.74) is 11.2. The molecule has 0 radical (unpaired) electrons. The molecule has 7 aromatic carbocycles. The monoisotopic (exact) mass is 651 g/mol. The largest absolute Gasteiger partial charge is 0.309 e. The van der Waals surface area contributed by atoms with Gasteiger partial charge in [0.25, 0.3) is 0 Å². The molecule has 0 N–H and O–H groups in total. The Morgan fingerprint density at radius 2 is 0.725 bits per heavy atom. The Morgan fingerprint density at radius 1 is 0.294 bits per heavy atom. The van der Waals surface area contributed by atoms with Gasteiger partial charge in [0.15, 0.2) is 0 Å². The van der Waals surface area contributed by atoms with E-state index in [1.54, 1.807) is 0 Å². The minimum absolute atomic E-state index is 0.645. The number of hydrogen-bond donors (Lipinski definition) is 0. The van der Waals surface area contributed by atoms with Gasteiger partial charge in [0.05, 0.1) is 33.1 Å². The molecular formula is C46H29N5. The Morgan fingerprint density at radius 3 is 1.29 bits per heavy atom. The smallest absolute Gasteiger partial charge is 0.234 e. The fourth-order valence-corrected chi connectivity index (χ4v) is 8.09. The van der Waals surface area contributed by atoms with E-state index >= 15 is 0 Å². The minimum Gasteiger partial charge on any atom is -0.309 e. The number of hydrogen-bond acceptors (Lipinski definition) is 2. The third-order valence-corrected chi connectivity index (χ3v) is 10.3. The molecule has 5 nitrogen and oxygen atoms in total. The van der Waals surface area contributed by atoms with Crippen LogP contribution in [0.1, 0.15) is 0 Å². The molecule has 11 rings (SSSR count). The first-order valence-electron chi connectivity index (χ1n) is 17.2. The molecule has 0 bridgehead atoms. The van der Waals surface area contributed by atoms with Crippen molar-refractivity contribution in [1.29, 1.82) is 0 Å². The van der Waals surface area contributed by atoms with Gasteiger partial charge in [-0.25, -0.2) is 9.97 Å². The van der Waals surface area contributed by atoms with E-state index in [-0.39, 0.29) is 0 Å². The quantitative estimate of drug-likeness (QED) is 0.190. The summed E-state index contributed by atoms with van der Waals surface area (Å²) in [5, 5.41) is 7.28. The molecule has 0 saturated carbocycles. The van der Waals surface area contributed by atoms with Gasteiger partial charge in [-0.15, -0.1) is 0 Å². The molecule has 0 saturated heterocycles. The average Bonchev–Trinajstić information content (AvgIpc) is 3.83. The summed E-state index contributed by atoms with van der Waals surface area (Å²) in [6.07, 6.45) is 3.91. The van der Waals surface area contributed by atoms with Gasteiger partial charge in [-0.05, 0) is 66.2 Å². The number of para-hydroxylation sites is 5. The third-order valence-electron chi connectivity index (χ3n) is 10.3. The van der Waals surface area contributed by atoms with Crippen LogP contribution in [0.4, 0.5) is 0 Å². The zero-order valence-electron chi connectivity index (χ0n) is 27.5. The van der Waals surface area contributed by atoms with Crippen LogP contribution in [-0.4, -0.2) is 23.7 Å². The summed E-state index contributed by atoms with van der Waals surface area (Å²) < 4.78 is 6.91. The number of aromatic nitrogens is 5. The summed E-state index contributed by atoms with van der Waals surface area (Å²) >= 11 is 0. The standard InChI is InChI=1S/C46H29N5/c1-3-13-32(14-4-1)49-40-20-10-7-17-34(40)37-24-23-30(25-43(37)49)31-28-47-46(48-29-31)51-42-22-12-9-19-36(42)39-26-38-35-18-8-11-21-41(35)50(44(38)27-45(39)51)33-15-5-2-6-16-33/h1-29H. The van der Waals surface area contributed by atoms with Crippen molar-refractivity contribution in [2.45, 2.75) is 0 Å². The van der Waals surface area contributed by atoms with Crippen LogP contribution in [0.5, 0.6) is 0 Å². The molecule has 0 fully saturated rings. The molecule has 0 aliphatic carbocycles. The van der Waals surface area contributed by atoms with Gasteiger partial charge in [-0.3, -0.25) is 4.57 Å². The van der Waals surface area contributed by atoms with Crippen molar-refractivity contribution in [3.05, 3.63) is 176 Å². The fraction of sp³-hybridized carbons (Fsp3) is 0. The third kappa shape index (κ3) is 4.09. The predicted molar refractivity (Wildman–Crippen MR) is 210 cm³/mol. The Labute approximate surface area is 292 Å². The Hall–Kier alpha value is -6.98. The van der Waals surface area contributed by atoms with Gasteiger partial charge < -0.3 is 9.13 Å². The maximum atomic E-state index is 5.04. The van der Waals surface area contributed by atoms with Crippen molar-refractivity contribution in [2.75, 3.05) is 0 Å². The van der Waals surface area contributed by atoms with Gasteiger partial charge in [-0.2, -0.15) is 0 Å². The number of rotatable bonds is 4. The highest BCUT2D eigenvalue weighted by Gasteiger charge is 2.20. The second-order valence-electron chi connectivity index (χ2n) is 13.1. The first-order chi connectivity index (χ1) is 25.3. The summed E-state index contributed by atoms with van der Waals surface area (Å²) in [7, 11) is 0. The molecule has 0 aliphatic heterocycles. The molecule has 0 unspecified atom stereocenters. The van der Waals surface area contributed by atoms with Gasteiger partial charge >= 0.3 is 0 Å². The molecule has 4 aromatic heterocycles. The predicted octanol–water partition coefficient (Wildman–Crippen LogP) is 11.4. The SMILES string of the molecule is c1ccc(-n2c3ccccc3c3ccc(-c4cnc(-n5c6ccccc6c6cc7c8ccccc8n(-c8ccccc8)c7cc65)nc4)cc32)cc1. The second-order valence-corrected chi connectivity index (χ2v) is 13.1. The lowest BCUT2D eigenvalue weighted by atomic mass is 10.1. The molecule has 51 heavy (non-hydrogen) atoms. The van der Waals surface area contributed by atoms with Crippen LogP contribution >= 0.6 is 0 Å². The molecular weight excluding hydrogens is 623 g/mol. The van der Waals surface area contributed by atoms with Crippen LogP contribution in [0.25, 0.3) is 93.9 Å². The highest BCUT2D eigenvalue weighted by Crippen LogP contribution is 2.40. The van der Waals surface area contributed by atoms with E-state index in [4.69, 9.17) is 9.97 Å². The van der Waals surface area contributed by atoms with Crippen molar-refractivity contribution >= 4 is 65.4 Å². The summed E-state index contributed by atoms with van der Waals surface area (Å²) in [5.74, 6) is 0.645. The van der Waals surface area contributed by atoms with Gasteiger partial charge in [0.1, 0.15) is 0 Å². The van der Waals surface area contributed by atoms with Crippen LogP contribution in [0.3, 0.4) is 0 Å². The zero-order chi connectivity index (χ0) is 33.5. The molecule has 5 heteroatoms. The topological polar surface area (TPSA) is 40.6 Å². The molecule has 238 valence electrons. The number of benzene rings is 7. The molecule has 0 aliphatic rings. The second kappa shape index (κ2) is 10.8. The normalized spacial score (nSPS) is 11.9. The lowest BCUT2D eigenvalue weighted by molar-refractivity contribution is 0.990. The lowest BCUT2D eigenvalue weighted by Crippen LogP contribution is -2.01. The van der Waals surface area contributed by atoms with E-state index in [2.05, 4.69) is 177 Å². The fourth-order valence-electron chi connectivity index (χ4n) is 8.09. The van der Waals surface area contributed by atoms with Crippen molar-refractivity contribution in [3.8, 4) is 28.5 Å². The summed E-state index contributed by atoms with van der Waals surface area (Å²) in [4.78, 5) is 10.1. The van der Waals surface area contributed by atoms with Crippen LogP contribution in [0.15, 0.2) is 176 Å². The average molecular weight is 652 g/mol. The van der Waals surface area contributed by atoms with E-state index in [1.807, 2.05) is 12.4 Å². The number of fused-ring (bicyclic) bond motifs is 9. The van der Waals surface area contributed by atoms with Crippen LogP contribution in [-0.2, 0) is 0 Å². The Balaban J connectivity index is 1.10. The molecule has 4 heterocycles. The zero-order valence-corrected chi connectivity index (χ0v) is 27.5. The maximum Gasteiger partial charge on any atom is 0.234 e. The van der Waals surface area contributed by atoms with Crippen LogP contribution in [0, 0.1) is 0 Å². The van der Waals surface area contributed by atoms with Crippen molar-refractivity contribution in [2.24, 2.45) is 0 Å². The van der Waals surface area contributed by atoms with E-state index in [9.17, 15) is 0 Å². The van der Waals surface area contributed by atoms with Gasteiger partial charge in [0, 0.05) is 61.6 Å². The van der Waals surface area contributed by atoms with Gasteiger partial charge in [-0.1, -0.05) is 103 Å². The van der Waals surface area contributed by atoms with E-state index < -0.39 is 0 Å². The van der Waals surface area contributed by atoms with Gasteiger partial charge in [0.2, 0.25) is 5.95 Å². The first-order valence-corrected chi connectivity index (χ1v) is 17.2. The highest BCUT2D eigenvalue weighted by molar-refractivity contribution is 6.19. The summed E-state index contributed by atoms with van der Waals surface area (Å²) in [6.45, 7) is 0. The van der Waals surface area contributed by atoms with Crippen molar-refractivity contribution in [3.63, 3.8) is 0 Å². The number of nitrogens with zero attached hydrogens (tertiary/aromatic N) is 5. The van der Waals surface area contributed by atoms with Crippen LogP contribution in [0.2, 0.25) is 0 Å². The van der Waals surface area contributed by atoms with E-state index in [1.165, 1.54) is 43.4 Å². The minimum atomic E-state index is 0.645. The van der Waals surface area contributed by atoms with E-state index in [0.29, 0.717) is 5.95 Å². The molecule has 11 aromatic rings. The Kier molecular flexibility index (Phi) is 5.89. The molecule has 0 spiro atoms.